The third-order valence-electron chi connectivity index (χ3n) is 3.66. The lowest BCUT2D eigenvalue weighted by Gasteiger charge is -2.05. The van der Waals surface area contributed by atoms with Gasteiger partial charge in [0.15, 0.2) is 0 Å². The highest BCUT2D eigenvalue weighted by molar-refractivity contribution is 9.10. The number of halogens is 2. The molecule has 0 aliphatic rings. The minimum atomic E-state index is 1.08. The minimum Gasteiger partial charge on any atom is -0.354 e. The summed E-state index contributed by atoms with van der Waals surface area (Å²) in [5.41, 5.74) is 4.69. The van der Waals surface area contributed by atoms with Crippen LogP contribution in [0.5, 0.6) is 0 Å². The molecular weight excluding hydrogens is 390 g/mol. The molecule has 0 aliphatic carbocycles. The molecule has 1 N–H and O–H groups in total. The van der Waals surface area contributed by atoms with E-state index < -0.39 is 0 Å². The molecule has 0 atom stereocenters. The lowest BCUT2D eigenvalue weighted by atomic mass is 10.0. The van der Waals surface area contributed by atoms with Crippen LogP contribution >= 0.6 is 31.9 Å². The molecule has 0 saturated carbocycles. The molecule has 0 fully saturated rings. The Morgan fingerprint density at radius 1 is 0.810 bits per heavy atom. The first kappa shape index (κ1) is 13.1. The molecule has 4 aromatic rings. The number of hydrogen-bond acceptors (Lipinski definition) is 0. The van der Waals surface area contributed by atoms with E-state index in [1.165, 1.54) is 21.9 Å². The van der Waals surface area contributed by atoms with Crippen molar-refractivity contribution in [3.63, 3.8) is 0 Å². The molecule has 21 heavy (non-hydrogen) atoms. The third-order valence-corrected chi connectivity index (χ3v) is 4.61. The van der Waals surface area contributed by atoms with Crippen LogP contribution in [0.2, 0.25) is 0 Å². The summed E-state index contributed by atoms with van der Waals surface area (Å²) >= 11 is 7.19. The van der Waals surface area contributed by atoms with Crippen LogP contribution in [0.1, 0.15) is 0 Å². The highest BCUT2D eigenvalue weighted by atomic mass is 79.9. The molecule has 0 bridgehead atoms. The maximum absolute atomic E-state index is 3.64. The Morgan fingerprint density at radius 2 is 1.57 bits per heavy atom. The highest BCUT2D eigenvalue weighted by Crippen LogP contribution is 2.36. The van der Waals surface area contributed by atoms with Gasteiger partial charge in [0.25, 0.3) is 0 Å². The molecule has 0 unspecified atom stereocenters. The zero-order chi connectivity index (χ0) is 14.4. The molecule has 3 heteroatoms. The van der Waals surface area contributed by atoms with Crippen LogP contribution in [0, 0.1) is 6.07 Å². The van der Waals surface area contributed by atoms with Crippen LogP contribution in [0.25, 0.3) is 32.9 Å². The monoisotopic (exact) mass is 398 g/mol. The summed E-state index contributed by atoms with van der Waals surface area (Å²) in [6.45, 7) is 0. The van der Waals surface area contributed by atoms with Crippen molar-refractivity contribution in [3.8, 4) is 11.1 Å². The average Bonchev–Trinajstić information content (AvgIpc) is 2.85. The minimum absolute atomic E-state index is 1.08. The SMILES string of the molecule is Brc1ccc2[nH]c3c(-c4cc[c]cc4)cc(Br)cc3c2c1. The Bertz CT molecular complexity index is 955. The summed E-state index contributed by atoms with van der Waals surface area (Å²) in [4.78, 5) is 3.55. The second-order valence-electron chi connectivity index (χ2n) is 4.98. The highest BCUT2D eigenvalue weighted by Gasteiger charge is 2.11. The molecule has 0 saturated heterocycles. The maximum Gasteiger partial charge on any atom is 0.0545 e. The Balaban J connectivity index is 2.15. The largest absolute Gasteiger partial charge is 0.354 e. The van der Waals surface area contributed by atoms with Crippen LogP contribution in [0.15, 0.2) is 63.5 Å². The molecule has 1 aromatic heterocycles. The first-order valence-corrected chi connectivity index (χ1v) is 8.18. The van der Waals surface area contributed by atoms with Crippen LogP contribution in [-0.2, 0) is 0 Å². The Hall–Kier alpha value is -1.58. The van der Waals surface area contributed by atoms with E-state index in [-0.39, 0.29) is 0 Å². The maximum atomic E-state index is 3.64. The van der Waals surface area contributed by atoms with Crippen molar-refractivity contribution in [1.29, 1.82) is 0 Å². The van der Waals surface area contributed by atoms with Crippen LogP contribution in [0.3, 0.4) is 0 Å². The van der Waals surface area contributed by atoms with Gasteiger partial charge in [-0.05, 0) is 42.0 Å². The van der Waals surface area contributed by atoms with Gasteiger partial charge in [0.1, 0.15) is 0 Å². The Labute approximate surface area is 139 Å². The van der Waals surface area contributed by atoms with Crippen LogP contribution in [-0.4, -0.2) is 4.98 Å². The third kappa shape index (κ3) is 2.21. The average molecular weight is 400 g/mol. The molecule has 101 valence electrons. The van der Waals surface area contributed by atoms with E-state index >= 15 is 0 Å². The van der Waals surface area contributed by atoms with Crippen molar-refractivity contribution in [1.82, 2.24) is 4.98 Å². The summed E-state index contributed by atoms with van der Waals surface area (Å²) in [7, 11) is 0. The molecular formula is C18H10Br2N. The van der Waals surface area contributed by atoms with E-state index in [0.717, 1.165) is 20.0 Å². The summed E-state index contributed by atoms with van der Waals surface area (Å²) in [6, 6.07) is 21.8. The number of rotatable bonds is 1. The molecule has 4 rings (SSSR count). The van der Waals surface area contributed by atoms with E-state index in [9.17, 15) is 0 Å². The molecule has 0 spiro atoms. The number of fused-ring (bicyclic) bond motifs is 3. The quantitative estimate of drug-likeness (QED) is 0.385. The van der Waals surface area contributed by atoms with Gasteiger partial charge < -0.3 is 4.98 Å². The zero-order valence-electron chi connectivity index (χ0n) is 11.0. The fraction of sp³-hybridized carbons (Fsp3) is 0. The van der Waals surface area contributed by atoms with Gasteiger partial charge in [0.05, 0.1) is 5.52 Å². The number of benzene rings is 3. The number of aromatic nitrogens is 1. The molecule has 0 aliphatic heterocycles. The second kappa shape index (κ2) is 5.00. The standard InChI is InChI=1S/C18H10Br2N/c19-12-6-7-17-15(8-12)16-10-13(20)9-14(18(16)21-17)11-4-2-1-3-5-11/h2-10,21H. The van der Waals surface area contributed by atoms with Crippen molar-refractivity contribution in [2.45, 2.75) is 0 Å². The fourth-order valence-electron chi connectivity index (χ4n) is 2.73. The zero-order valence-corrected chi connectivity index (χ0v) is 14.1. The van der Waals surface area contributed by atoms with Crippen LogP contribution < -0.4 is 0 Å². The van der Waals surface area contributed by atoms with E-state index in [1.807, 2.05) is 12.1 Å². The first-order valence-electron chi connectivity index (χ1n) is 6.59. The lowest BCUT2D eigenvalue weighted by molar-refractivity contribution is 1.52. The van der Waals surface area contributed by atoms with E-state index in [0.29, 0.717) is 0 Å². The topological polar surface area (TPSA) is 15.8 Å². The van der Waals surface area contributed by atoms with Crippen LogP contribution in [0.4, 0.5) is 0 Å². The fourth-order valence-corrected chi connectivity index (χ4v) is 3.55. The van der Waals surface area contributed by atoms with Crippen molar-refractivity contribution in [2.24, 2.45) is 0 Å². The smallest absolute Gasteiger partial charge is 0.0545 e. The molecule has 1 nitrogen and oxygen atoms in total. The summed E-state index contributed by atoms with van der Waals surface area (Å²) in [5.74, 6) is 0. The predicted molar refractivity (Wildman–Crippen MR) is 95.5 cm³/mol. The molecule has 1 heterocycles. The molecule has 0 amide bonds. The second-order valence-corrected chi connectivity index (χ2v) is 6.81. The van der Waals surface area contributed by atoms with Gasteiger partial charge in [-0.3, -0.25) is 0 Å². The van der Waals surface area contributed by atoms with E-state index in [4.69, 9.17) is 0 Å². The van der Waals surface area contributed by atoms with Crippen molar-refractivity contribution in [2.75, 3.05) is 0 Å². The van der Waals surface area contributed by atoms with Crippen molar-refractivity contribution in [3.05, 3.63) is 69.6 Å². The first-order chi connectivity index (χ1) is 10.2. The Morgan fingerprint density at radius 3 is 2.38 bits per heavy atom. The Kier molecular flexibility index (Phi) is 3.12. The summed E-state index contributed by atoms with van der Waals surface area (Å²) < 4.78 is 2.17. The van der Waals surface area contributed by atoms with E-state index in [1.54, 1.807) is 0 Å². The number of aromatic amines is 1. The van der Waals surface area contributed by atoms with Gasteiger partial charge in [0, 0.05) is 30.8 Å². The van der Waals surface area contributed by atoms with Gasteiger partial charge in [0.2, 0.25) is 0 Å². The van der Waals surface area contributed by atoms with Gasteiger partial charge >= 0.3 is 0 Å². The summed E-state index contributed by atoms with van der Waals surface area (Å²) in [6.07, 6.45) is 0. The lowest BCUT2D eigenvalue weighted by Crippen LogP contribution is -1.81. The van der Waals surface area contributed by atoms with Crippen molar-refractivity contribution >= 4 is 53.7 Å². The molecule has 3 aromatic carbocycles. The normalized spacial score (nSPS) is 11.3. The van der Waals surface area contributed by atoms with Gasteiger partial charge in [-0.2, -0.15) is 0 Å². The number of H-pyrrole nitrogens is 1. The summed E-state index contributed by atoms with van der Waals surface area (Å²) in [5, 5.41) is 2.45. The van der Waals surface area contributed by atoms with Gasteiger partial charge in [-0.15, -0.1) is 0 Å². The predicted octanol–water partition coefficient (Wildman–Crippen LogP) is 6.31. The van der Waals surface area contributed by atoms with E-state index in [2.05, 4.69) is 85.4 Å². The van der Waals surface area contributed by atoms with Crippen molar-refractivity contribution < 1.29 is 0 Å². The number of nitrogens with one attached hydrogen (secondary N) is 1. The number of hydrogen-bond donors (Lipinski definition) is 1. The van der Waals surface area contributed by atoms with Gasteiger partial charge in [-0.25, -0.2) is 0 Å². The molecule has 1 radical (unpaired) electrons. The van der Waals surface area contributed by atoms with Gasteiger partial charge in [-0.1, -0.05) is 56.1 Å².